The highest BCUT2D eigenvalue weighted by Gasteiger charge is 2.23. The first kappa shape index (κ1) is 18.5. The molecule has 3 aromatic rings. The molecule has 0 fully saturated rings. The molecule has 2 heterocycles. The van der Waals surface area contributed by atoms with Crippen molar-refractivity contribution >= 4 is 29.3 Å². The van der Waals surface area contributed by atoms with Gasteiger partial charge in [-0.2, -0.15) is 0 Å². The van der Waals surface area contributed by atoms with Crippen molar-refractivity contribution in [2.75, 3.05) is 13.3 Å². The summed E-state index contributed by atoms with van der Waals surface area (Å²) in [6, 6.07) is 11.1. The molecular weight excluding hydrogens is 370 g/mol. The van der Waals surface area contributed by atoms with Crippen LogP contribution >= 0.6 is 23.4 Å². The SMILES string of the molecule is CSc1nc(-c2ccco2)nc(C)c1C(=O)N(C)Cc1ccccc1Cl. The molecule has 26 heavy (non-hydrogen) atoms. The van der Waals surface area contributed by atoms with Crippen LogP contribution in [0.1, 0.15) is 21.6 Å². The van der Waals surface area contributed by atoms with Gasteiger partial charge in [0.1, 0.15) is 5.03 Å². The number of carbonyl (C=O) groups excluding carboxylic acids is 1. The molecular formula is C19H18ClN3O2S. The smallest absolute Gasteiger partial charge is 0.258 e. The molecule has 3 rings (SSSR count). The van der Waals surface area contributed by atoms with Crippen molar-refractivity contribution in [1.29, 1.82) is 0 Å². The van der Waals surface area contributed by atoms with Gasteiger partial charge in [0.15, 0.2) is 11.6 Å². The fraction of sp³-hybridized carbons (Fsp3) is 0.211. The van der Waals surface area contributed by atoms with Gasteiger partial charge in [0.05, 0.1) is 17.5 Å². The summed E-state index contributed by atoms with van der Waals surface area (Å²) in [7, 11) is 1.75. The first-order valence-electron chi connectivity index (χ1n) is 7.96. The predicted octanol–water partition coefficient (Wildman–Crippen LogP) is 4.69. The Morgan fingerprint density at radius 3 is 2.65 bits per heavy atom. The highest BCUT2D eigenvalue weighted by atomic mass is 35.5. The second-order valence-corrected chi connectivity index (χ2v) is 6.95. The van der Waals surface area contributed by atoms with Crippen molar-refractivity contribution in [2.24, 2.45) is 0 Å². The number of carbonyl (C=O) groups is 1. The first-order valence-corrected chi connectivity index (χ1v) is 9.57. The summed E-state index contributed by atoms with van der Waals surface area (Å²) in [5.74, 6) is 0.909. The number of hydrogen-bond donors (Lipinski definition) is 0. The van der Waals surface area contributed by atoms with Gasteiger partial charge < -0.3 is 9.32 Å². The van der Waals surface area contributed by atoms with E-state index >= 15 is 0 Å². The van der Waals surface area contributed by atoms with E-state index in [2.05, 4.69) is 9.97 Å². The molecule has 134 valence electrons. The van der Waals surface area contributed by atoms with Crippen LogP contribution in [-0.2, 0) is 6.54 Å². The largest absolute Gasteiger partial charge is 0.461 e. The summed E-state index contributed by atoms with van der Waals surface area (Å²) in [5, 5.41) is 1.26. The molecule has 0 atom stereocenters. The van der Waals surface area contributed by atoms with Crippen molar-refractivity contribution in [2.45, 2.75) is 18.5 Å². The third kappa shape index (κ3) is 3.76. The fourth-order valence-electron chi connectivity index (χ4n) is 2.60. The van der Waals surface area contributed by atoms with E-state index in [4.69, 9.17) is 16.0 Å². The van der Waals surface area contributed by atoms with Crippen LogP contribution in [0.25, 0.3) is 11.6 Å². The molecule has 0 unspecified atom stereocenters. The molecule has 2 aromatic heterocycles. The molecule has 1 amide bonds. The lowest BCUT2D eigenvalue weighted by Crippen LogP contribution is -2.28. The van der Waals surface area contributed by atoms with Crippen LogP contribution in [-0.4, -0.2) is 34.1 Å². The molecule has 0 aliphatic heterocycles. The average molecular weight is 388 g/mol. The molecule has 0 bridgehead atoms. The summed E-state index contributed by atoms with van der Waals surface area (Å²) >= 11 is 7.62. The predicted molar refractivity (Wildman–Crippen MR) is 104 cm³/mol. The number of aromatic nitrogens is 2. The van der Waals surface area contributed by atoms with Crippen molar-refractivity contribution < 1.29 is 9.21 Å². The minimum atomic E-state index is -0.141. The highest BCUT2D eigenvalue weighted by molar-refractivity contribution is 7.98. The van der Waals surface area contributed by atoms with Crippen LogP contribution in [0.15, 0.2) is 52.1 Å². The lowest BCUT2D eigenvalue weighted by Gasteiger charge is -2.20. The van der Waals surface area contributed by atoms with E-state index < -0.39 is 0 Å². The second kappa shape index (κ2) is 7.93. The maximum atomic E-state index is 13.0. The van der Waals surface area contributed by atoms with Crippen LogP contribution in [0.3, 0.4) is 0 Å². The minimum Gasteiger partial charge on any atom is -0.461 e. The Morgan fingerprint density at radius 1 is 1.23 bits per heavy atom. The Morgan fingerprint density at radius 2 is 2.00 bits per heavy atom. The topological polar surface area (TPSA) is 59.2 Å². The van der Waals surface area contributed by atoms with Crippen LogP contribution < -0.4 is 0 Å². The lowest BCUT2D eigenvalue weighted by atomic mass is 10.1. The number of nitrogens with zero attached hydrogens (tertiary/aromatic N) is 3. The number of aryl methyl sites for hydroxylation is 1. The summed E-state index contributed by atoms with van der Waals surface area (Å²) in [6.07, 6.45) is 3.46. The number of benzene rings is 1. The quantitative estimate of drug-likeness (QED) is 0.469. The summed E-state index contributed by atoms with van der Waals surface area (Å²) in [6.45, 7) is 2.22. The average Bonchev–Trinajstić information content (AvgIpc) is 3.17. The molecule has 0 aliphatic carbocycles. The van der Waals surface area contributed by atoms with Crippen LogP contribution in [0, 0.1) is 6.92 Å². The van der Waals surface area contributed by atoms with E-state index in [1.165, 1.54) is 11.8 Å². The molecule has 7 heteroatoms. The van der Waals surface area contributed by atoms with Crippen LogP contribution in [0.2, 0.25) is 5.02 Å². The Hall–Kier alpha value is -2.31. The zero-order valence-corrected chi connectivity index (χ0v) is 16.3. The van der Waals surface area contributed by atoms with E-state index in [9.17, 15) is 4.79 Å². The Kier molecular flexibility index (Phi) is 5.64. The van der Waals surface area contributed by atoms with Crippen LogP contribution in [0.5, 0.6) is 0 Å². The number of rotatable bonds is 5. The van der Waals surface area contributed by atoms with Gasteiger partial charge in [-0.15, -0.1) is 11.8 Å². The van der Waals surface area contributed by atoms with Gasteiger partial charge in [-0.25, -0.2) is 9.97 Å². The van der Waals surface area contributed by atoms with Gasteiger partial charge >= 0.3 is 0 Å². The molecule has 1 aromatic carbocycles. The van der Waals surface area contributed by atoms with Crippen LogP contribution in [0.4, 0.5) is 0 Å². The monoisotopic (exact) mass is 387 g/mol. The molecule has 0 N–H and O–H groups in total. The van der Waals surface area contributed by atoms with Crippen molar-refractivity contribution in [1.82, 2.24) is 14.9 Å². The maximum absolute atomic E-state index is 13.0. The third-order valence-electron chi connectivity index (χ3n) is 3.92. The summed E-state index contributed by atoms with van der Waals surface area (Å²) in [5.41, 5.74) is 2.01. The Labute approximate surface area is 161 Å². The Bertz CT molecular complexity index is 929. The third-order valence-corrected chi connectivity index (χ3v) is 4.97. The lowest BCUT2D eigenvalue weighted by molar-refractivity contribution is 0.0779. The van der Waals surface area contributed by atoms with Gasteiger partial charge in [-0.3, -0.25) is 4.79 Å². The number of thioether (sulfide) groups is 1. The zero-order chi connectivity index (χ0) is 18.7. The molecule has 0 saturated heterocycles. The fourth-order valence-corrected chi connectivity index (χ4v) is 3.41. The first-order chi connectivity index (χ1) is 12.5. The van der Waals surface area contributed by atoms with Crippen molar-refractivity contribution in [3.8, 4) is 11.6 Å². The second-order valence-electron chi connectivity index (χ2n) is 5.75. The molecule has 0 spiro atoms. The standard InChI is InChI=1S/C19H18ClN3O2S/c1-12-16(18(26-3)22-17(21-12)15-9-6-10-25-15)19(24)23(2)11-13-7-4-5-8-14(13)20/h4-10H,11H2,1-3H3. The van der Waals surface area contributed by atoms with E-state index in [1.807, 2.05) is 37.4 Å². The van der Waals surface area contributed by atoms with E-state index in [-0.39, 0.29) is 5.91 Å². The van der Waals surface area contributed by atoms with Gasteiger partial charge in [-0.1, -0.05) is 29.8 Å². The molecule has 0 saturated carbocycles. The maximum Gasteiger partial charge on any atom is 0.258 e. The molecule has 0 aliphatic rings. The van der Waals surface area contributed by atoms with Crippen molar-refractivity contribution in [3.63, 3.8) is 0 Å². The van der Waals surface area contributed by atoms with Gasteiger partial charge in [0.2, 0.25) is 0 Å². The Balaban J connectivity index is 1.92. The van der Waals surface area contributed by atoms with E-state index in [1.54, 1.807) is 30.3 Å². The number of hydrogen-bond acceptors (Lipinski definition) is 5. The molecule has 0 radical (unpaired) electrons. The van der Waals surface area contributed by atoms with E-state index in [0.717, 1.165) is 5.56 Å². The zero-order valence-electron chi connectivity index (χ0n) is 14.7. The van der Waals surface area contributed by atoms with Gasteiger partial charge in [0.25, 0.3) is 5.91 Å². The van der Waals surface area contributed by atoms with Gasteiger partial charge in [-0.05, 0) is 36.9 Å². The van der Waals surface area contributed by atoms with Crippen molar-refractivity contribution in [3.05, 3.63) is 64.5 Å². The van der Waals surface area contributed by atoms with E-state index in [0.29, 0.717) is 39.4 Å². The normalized spacial score (nSPS) is 10.8. The summed E-state index contributed by atoms with van der Waals surface area (Å²) < 4.78 is 5.37. The van der Waals surface area contributed by atoms with Gasteiger partial charge in [0, 0.05) is 18.6 Å². The number of halogens is 1. The number of amides is 1. The number of furan rings is 1. The molecule has 5 nitrogen and oxygen atoms in total. The highest BCUT2D eigenvalue weighted by Crippen LogP contribution is 2.27. The summed E-state index contributed by atoms with van der Waals surface area (Å²) in [4.78, 5) is 23.6. The minimum absolute atomic E-state index is 0.141.